The van der Waals surface area contributed by atoms with E-state index in [9.17, 15) is 14.7 Å². The minimum Gasteiger partial charge on any atom is -0.490 e. The van der Waals surface area contributed by atoms with Gasteiger partial charge in [0.1, 0.15) is 0 Å². The SMILES string of the molecule is CCCCNC(=O)[C@H](C)C[C@H](O)[C@@H](N)C[C@H](Cc1ccc(OCCCC(=C=O)OC)c(OCCCOC)c1)C(C)C.Cl. The Bertz CT molecular complexity index is 924. The highest BCUT2D eigenvalue weighted by Gasteiger charge is 2.26. The molecule has 0 aromatic heterocycles. The number of aliphatic hydroxyl groups excluding tert-OH is 1. The third-order valence-corrected chi connectivity index (χ3v) is 7.31. The van der Waals surface area contributed by atoms with E-state index in [1.807, 2.05) is 25.1 Å². The van der Waals surface area contributed by atoms with Crippen LogP contribution in [0.3, 0.4) is 0 Å². The number of amides is 1. The van der Waals surface area contributed by atoms with Crippen molar-refractivity contribution in [1.29, 1.82) is 0 Å². The second-order valence-electron chi connectivity index (χ2n) is 11.1. The molecule has 4 atom stereocenters. The molecule has 0 fully saturated rings. The van der Waals surface area contributed by atoms with Crippen LogP contribution in [0, 0.1) is 17.8 Å². The van der Waals surface area contributed by atoms with Crippen molar-refractivity contribution in [2.75, 3.05) is 40.6 Å². The molecular weight excluding hydrogens is 560 g/mol. The van der Waals surface area contributed by atoms with Gasteiger partial charge < -0.3 is 35.1 Å². The van der Waals surface area contributed by atoms with E-state index in [1.165, 1.54) is 7.11 Å². The third kappa shape index (κ3) is 15.8. The molecule has 0 aliphatic heterocycles. The van der Waals surface area contributed by atoms with Crippen molar-refractivity contribution >= 4 is 24.3 Å². The Morgan fingerprint density at radius 2 is 1.71 bits per heavy atom. The first-order valence-corrected chi connectivity index (χ1v) is 15.0. The molecule has 4 N–H and O–H groups in total. The van der Waals surface area contributed by atoms with Crippen molar-refractivity contribution in [3.05, 3.63) is 29.5 Å². The zero-order chi connectivity index (χ0) is 30.6. The fraction of sp³-hybridized carbons (Fsp3) is 0.719. The van der Waals surface area contributed by atoms with Crippen LogP contribution >= 0.6 is 12.4 Å². The van der Waals surface area contributed by atoms with Crippen LogP contribution in [0.5, 0.6) is 11.5 Å². The van der Waals surface area contributed by atoms with Crippen LogP contribution in [0.25, 0.3) is 0 Å². The first kappa shape index (κ1) is 39.7. The number of ether oxygens (including phenoxy) is 4. The molecule has 0 unspecified atom stereocenters. The van der Waals surface area contributed by atoms with Gasteiger partial charge in [-0.15, -0.1) is 12.4 Å². The van der Waals surface area contributed by atoms with Gasteiger partial charge in [0.05, 0.1) is 26.4 Å². The van der Waals surface area contributed by atoms with Gasteiger partial charge in [-0.25, -0.2) is 4.79 Å². The Morgan fingerprint density at radius 1 is 1.02 bits per heavy atom. The summed E-state index contributed by atoms with van der Waals surface area (Å²) in [6, 6.07) is 5.52. The quantitative estimate of drug-likeness (QED) is 0.0904. The Labute approximate surface area is 259 Å². The summed E-state index contributed by atoms with van der Waals surface area (Å²) in [5.74, 6) is 3.59. The number of allylic oxidation sites excluding steroid dienone is 1. The van der Waals surface area contributed by atoms with Crippen LogP contribution < -0.4 is 20.5 Å². The van der Waals surface area contributed by atoms with Crippen molar-refractivity contribution < 1.29 is 33.6 Å². The van der Waals surface area contributed by atoms with Crippen LogP contribution in [0.4, 0.5) is 0 Å². The maximum Gasteiger partial charge on any atom is 0.222 e. The van der Waals surface area contributed by atoms with Gasteiger partial charge in [0.25, 0.3) is 0 Å². The standard InChI is InChI=1S/C32H54N2O7.ClH/c1-7-8-14-34-32(37)24(4)18-29(36)28(33)21-26(23(2)3)19-25-12-13-30(31(20-25)41-17-10-15-38-5)40-16-9-11-27(22-35)39-6;/h12-13,20,23-24,26,28-29,36H,7-11,14-19,21,33H2,1-6H3,(H,34,37);1H/t24-,26+,28+,29+;/m1./s1. The van der Waals surface area contributed by atoms with E-state index in [0.717, 1.165) is 31.2 Å². The summed E-state index contributed by atoms with van der Waals surface area (Å²) in [5, 5.41) is 13.7. The zero-order valence-corrected chi connectivity index (χ0v) is 27.3. The second-order valence-corrected chi connectivity index (χ2v) is 11.1. The van der Waals surface area contributed by atoms with Crippen LogP contribution in [0.2, 0.25) is 0 Å². The smallest absolute Gasteiger partial charge is 0.222 e. The molecule has 0 saturated carbocycles. The van der Waals surface area contributed by atoms with E-state index < -0.39 is 12.1 Å². The Morgan fingerprint density at radius 3 is 2.33 bits per heavy atom. The fourth-order valence-electron chi connectivity index (χ4n) is 4.51. The first-order chi connectivity index (χ1) is 19.7. The van der Waals surface area contributed by atoms with Gasteiger partial charge in [-0.1, -0.05) is 40.2 Å². The van der Waals surface area contributed by atoms with Gasteiger partial charge in [0, 0.05) is 45.1 Å². The normalized spacial score (nSPS) is 13.7. The number of unbranched alkanes of at least 4 members (excludes halogenated alkanes) is 1. The maximum absolute atomic E-state index is 12.3. The molecule has 1 aromatic carbocycles. The lowest BCUT2D eigenvalue weighted by atomic mass is 9.82. The Hall–Kier alpha value is -2.29. The molecule has 0 spiro atoms. The molecule has 9 nitrogen and oxygen atoms in total. The number of rotatable bonds is 23. The minimum atomic E-state index is -0.758. The van der Waals surface area contributed by atoms with Crippen LogP contribution in [-0.4, -0.2) is 69.7 Å². The molecule has 0 radical (unpaired) electrons. The Kier molecular flexibility index (Phi) is 21.9. The molecule has 0 saturated heterocycles. The number of carbonyl (C=O) groups is 1. The lowest BCUT2D eigenvalue weighted by Crippen LogP contribution is -2.41. The number of hydrogen-bond acceptors (Lipinski definition) is 8. The minimum absolute atomic E-state index is 0. The highest BCUT2D eigenvalue weighted by Crippen LogP contribution is 2.32. The predicted octanol–water partition coefficient (Wildman–Crippen LogP) is 4.88. The zero-order valence-electron chi connectivity index (χ0n) is 26.5. The van der Waals surface area contributed by atoms with Gasteiger partial charge in [-0.05, 0) is 61.6 Å². The number of hydrogen-bond donors (Lipinski definition) is 3. The number of nitrogens with two attached hydrogens (primary N) is 1. The van der Waals surface area contributed by atoms with Crippen molar-refractivity contribution in [3.8, 4) is 11.5 Å². The molecule has 0 aliphatic rings. The summed E-state index contributed by atoms with van der Waals surface area (Å²) in [4.78, 5) is 23.2. The Balaban J connectivity index is 0.0000168. The molecular formula is C32H55ClN2O7. The molecule has 1 rings (SSSR count). The van der Waals surface area contributed by atoms with E-state index in [0.29, 0.717) is 69.5 Å². The maximum atomic E-state index is 12.3. The molecule has 0 aliphatic carbocycles. The molecule has 10 heteroatoms. The van der Waals surface area contributed by atoms with Gasteiger partial charge in [-0.3, -0.25) is 4.79 Å². The fourth-order valence-corrected chi connectivity index (χ4v) is 4.51. The summed E-state index contributed by atoms with van der Waals surface area (Å²) >= 11 is 0. The number of halogens is 1. The monoisotopic (exact) mass is 614 g/mol. The molecule has 1 aromatic rings. The van der Waals surface area contributed by atoms with E-state index >= 15 is 0 Å². The van der Waals surface area contributed by atoms with Gasteiger partial charge >= 0.3 is 0 Å². The van der Waals surface area contributed by atoms with Crippen molar-refractivity contribution in [2.45, 2.75) is 91.2 Å². The van der Waals surface area contributed by atoms with Crippen molar-refractivity contribution in [2.24, 2.45) is 23.5 Å². The van der Waals surface area contributed by atoms with E-state index in [1.54, 1.807) is 13.1 Å². The first-order valence-electron chi connectivity index (χ1n) is 15.0. The summed E-state index contributed by atoms with van der Waals surface area (Å²) in [6.07, 6.45) is 4.75. The molecule has 0 heterocycles. The average molecular weight is 615 g/mol. The summed E-state index contributed by atoms with van der Waals surface area (Å²) in [5.41, 5.74) is 7.56. The molecule has 0 bridgehead atoms. The number of benzene rings is 1. The third-order valence-electron chi connectivity index (χ3n) is 7.31. The average Bonchev–Trinajstić information content (AvgIpc) is 2.95. The predicted molar refractivity (Wildman–Crippen MR) is 169 cm³/mol. The lowest BCUT2D eigenvalue weighted by Gasteiger charge is -2.28. The topological polar surface area (TPSA) is 129 Å². The van der Waals surface area contributed by atoms with Gasteiger partial charge in [0.15, 0.2) is 23.2 Å². The highest BCUT2D eigenvalue weighted by atomic mass is 35.5. The molecule has 42 heavy (non-hydrogen) atoms. The largest absolute Gasteiger partial charge is 0.490 e. The molecule has 1 amide bonds. The summed E-state index contributed by atoms with van der Waals surface area (Å²) < 4.78 is 22.2. The summed E-state index contributed by atoms with van der Waals surface area (Å²) in [7, 11) is 3.12. The number of aliphatic hydroxyl groups is 1. The van der Waals surface area contributed by atoms with E-state index in [-0.39, 0.29) is 35.9 Å². The van der Waals surface area contributed by atoms with Crippen LogP contribution in [-0.2, 0) is 25.5 Å². The number of carbonyl (C=O) groups excluding carboxylic acids is 2. The van der Waals surface area contributed by atoms with Crippen LogP contribution in [0.1, 0.15) is 78.2 Å². The molecule has 242 valence electrons. The van der Waals surface area contributed by atoms with Gasteiger partial charge in [-0.2, -0.15) is 0 Å². The lowest BCUT2D eigenvalue weighted by molar-refractivity contribution is -0.125. The van der Waals surface area contributed by atoms with Crippen molar-refractivity contribution in [1.82, 2.24) is 5.32 Å². The highest BCUT2D eigenvalue weighted by molar-refractivity contribution is 5.85. The number of methoxy groups -OCH3 is 2. The second kappa shape index (κ2) is 23.2. The summed E-state index contributed by atoms with van der Waals surface area (Å²) in [6.45, 7) is 10.4. The van der Waals surface area contributed by atoms with Gasteiger partial charge in [0.2, 0.25) is 5.91 Å². The van der Waals surface area contributed by atoms with Crippen molar-refractivity contribution in [3.63, 3.8) is 0 Å². The van der Waals surface area contributed by atoms with E-state index in [2.05, 4.69) is 26.1 Å². The van der Waals surface area contributed by atoms with E-state index in [4.69, 9.17) is 24.7 Å². The van der Waals surface area contributed by atoms with Crippen LogP contribution in [0.15, 0.2) is 24.0 Å². The number of nitrogens with one attached hydrogen (secondary N) is 1.